The molecule has 11 heteroatoms. The van der Waals surface area contributed by atoms with Crippen LogP contribution in [-0.2, 0) is 14.6 Å². The van der Waals surface area contributed by atoms with E-state index >= 15 is 0 Å². The van der Waals surface area contributed by atoms with Crippen LogP contribution in [0, 0.1) is 0 Å². The molecule has 8 nitrogen and oxygen atoms in total. The molecule has 0 unspecified atom stereocenters. The molecule has 0 spiro atoms. The van der Waals surface area contributed by atoms with Gasteiger partial charge in [-0.05, 0) is 30.3 Å². The van der Waals surface area contributed by atoms with E-state index in [0.29, 0.717) is 16.7 Å². The molecule has 0 aliphatic rings. The Labute approximate surface area is 192 Å². The molecule has 2 aromatic carbocycles. The Morgan fingerprint density at radius 2 is 1.72 bits per heavy atom. The van der Waals surface area contributed by atoms with Gasteiger partial charge in [0.15, 0.2) is 12.4 Å². The second kappa shape index (κ2) is 8.70. The summed E-state index contributed by atoms with van der Waals surface area (Å²) >= 11 is 12.5. The first-order chi connectivity index (χ1) is 15.3. The molecule has 0 aliphatic carbocycles. The van der Waals surface area contributed by atoms with Crippen LogP contribution in [0.15, 0.2) is 70.8 Å². The van der Waals surface area contributed by atoms with Crippen molar-refractivity contribution in [3.05, 3.63) is 71.1 Å². The third-order valence-electron chi connectivity index (χ3n) is 4.42. The highest BCUT2D eigenvalue weighted by Gasteiger charge is 2.22. The molecule has 0 amide bonds. The van der Waals surface area contributed by atoms with Gasteiger partial charge in [-0.1, -0.05) is 23.2 Å². The van der Waals surface area contributed by atoms with Gasteiger partial charge in [-0.2, -0.15) is 0 Å². The summed E-state index contributed by atoms with van der Waals surface area (Å²) in [6, 6.07) is 10.4. The number of sulfone groups is 1. The van der Waals surface area contributed by atoms with E-state index in [2.05, 4.69) is 9.97 Å². The van der Waals surface area contributed by atoms with Crippen molar-refractivity contribution in [3.8, 4) is 17.2 Å². The number of nitrogens with zero attached hydrogens (tertiary/aromatic N) is 1. The molecule has 0 atom stereocenters. The predicted octanol–water partition coefficient (Wildman–Crippen LogP) is 4.96. The minimum absolute atomic E-state index is 0.0822. The first-order valence-corrected chi connectivity index (χ1v) is 11.3. The number of aromatic nitrogens is 2. The van der Waals surface area contributed by atoms with Gasteiger partial charge in [-0.15, -0.1) is 0 Å². The maximum Gasteiger partial charge on any atom is 0.341 e. The summed E-state index contributed by atoms with van der Waals surface area (Å²) in [5.74, 6) is -0.563. The lowest BCUT2D eigenvalue weighted by molar-refractivity contribution is -0.139. The number of hydrogen-bond donors (Lipinski definition) is 2. The first kappa shape index (κ1) is 21.9. The molecule has 2 aromatic heterocycles. The van der Waals surface area contributed by atoms with Crippen molar-refractivity contribution in [2.24, 2.45) is 0 Å². The second-order valence-electron chi connectivity index (χ2n) is 6.55. The number of ether oxygens (including phenoxy) is 2. The zero-order chi connectivity index (χ0) is 22.9. The van der Waals surface area contributed by atoms with Gasteiger partial charge in [0.05, 0.1) is 19.8 Å². The number of carboxylic acid groups (broad SMARTS) is 1. The molecule has 4 aromatic rings. The van der Waals surface area contributed by atoms with Crippen molar-refractivity contribution < 1.29 is 27.8 Å². The number of pyridine rings is 1. The molecule has 0 radical (unpaired) electrons. The lowest BCUT2D eigenvalue weighted by Crippen LogP contribution is -2.09. The number of halogens is 2. The van der Waals surface area contributed by atoms with E-state index in [1.54, 1.807) is 18.2 Å². The number of carbonyl (C=O) groups is 1. The Morgan fingerprint density at radius 3 is 2.38 bits per heavy atom. The smallest absolute Gasteiger partial charge is 0.341 e. The van der Waals surface area contributed by atoms with E-state index in [1.807, 2.05) is 0 Å². The SMILES string of the molecule is O=C(O)COc1cc(Cl)c(Oc2ccc3[nH]cc(S(=O)(=O)c4ccncc4)c3c2)c(Cl)c1. The van der Waals surface area contributed by atoms with Gasteiger partial charge < -0.3 is 19.6 Å². The number of nitrogens with one attached hydrogen (secondary N) is 1. The van der Waals surface area contributed by atoms with Gasteiger partial charge in [-0.3, -0.25) is 4.98 Å². The molecule has 0 bridgehead atoms. The van der Waals surface area contributed by atoms with Crippen LogP contribution >= 0.6 is 23.2 Å². The van der Waals surface area contributed by atoms with Crippen molar-refractivity contribution in [3.63, 3.8) is 0 Å². The summed E-state index contributed by atoms with van der Waals surface area (Å²) < 4.78 is 37.0. The van der Waals surface area contributed by atoms with Crippen molar-refractivity contribution in [1.29, 1.82) is 0 Å². The fourth-order valence-corrected chi connectivity index (χ4v) is 4.94. The van der Waals surface area contributed by atoms with Crippen LogP contribution in [0.1, 0.15) is 0 Å². The topological polar surface area (TPSA) is 119 Å². The fourth-order valence-electron chi connectivity index (χ4n) is 2.98. The van der Waals surface area contributed by atoms with Crippen LogP contribution in [0.4, 0.5) is 0 Å². The van der Waals surface area contributed by atoms with Crippen molar-refractivity contribution in [2.75, 3.05) is 6.61 Å². The summed E-state index contributed by atoms with van der Waals surface area (Å²) in [6.07, 6.45) is 4.23. The largest absolute Gasteiger partial charge is 0.482 e. The summed E-state index contributed by atoms with van der Waals surface area (Å²) in [6.45, 7) is -0.550. The normalized spacial score (nSPS) is 11.4. The van der Waals surface area contributed by atoms with Crippen molar-refractivity contribution >= 4 is 49.9 Å². The highest BCUT2D eigenvalue weighted by Crippen LogP contribution is 2.40. The van der Waals surface area contributed by atoms with Gasteiger partial charge in [0.2, 0.25) is 9.84 Å². The molecule has 2 N–H and O–H groups in total. The molecule has 164 valence electrons. The summed E-state index contributed by atoms with van der Waals surface area (Å²) in [5, 5.41) is 9.33. The Hall–Kier alpha value is -3.27. The number of hydrogen-bond acceptors (Lipinski definition) is 6. The lowest BCUT2D eigenvalue weighted by atomic mass is 10.2. The first-order valence-electron chi connectivity index (χ1n) is 9.03. The van der Waals surface area contributed by atoms with Crippen LogP contribution in [-0.4, -0.2) is 36.1 Å². The standard InChI is InChI=1S/C21H14Cl2N2O6S/c22-16-8-13(30-11-20(26)27)9-17(23)21(16)31-12-1-2-18-15(7-12)19(10-25-18)32(28,29)14-3-5-24-6-4-14/h1-10,25H,11H2,(H,26,27). The van der Waals surface area contributed by atoms with Crippen LogP contribution in [0.25, 0.3) is 10.9 Å². The summed E-state index contributed by atoms with van der Waals surface area (Å²) in [7, 11) is -3.79. The number of rotatable bonds is 7. The summed E-state index contributed by atoms with van der Waals surface area (Å²) in [4.78, 5) is 17.6. The Kier molecular flexibility index (Phi) is 5.96. The van der Waals surface area contributed by atoms with E-state index in [0.717, 1.165) is 0 Å². The molecule has 0 saturated carbocycles. The zero-order valence-corrected chi connectivity index (χ0v) is 18.4. The maximum atomic E-state index is 13.0. The number of aliphatic carboxylic acids is 1. The van der Waals surface area contributed by atoms with E-state index in [1.165, 1.54) is 42.9 Å². The predicted molar refractivity (Wildman–Crippen MR) is 118 cm³/mol. The number of carboxylic acids is 1. The number of benzene rings is 2. The zero-order valence-electron chi connectivity index (χ0n) is 16.1. The Bertz CT molecular complexity index is 1400. The van der Waals surface area contributed by atoms with Crippen LogP contribution in [0.2, 0.25) is 10.0 Å². The molecule has 0 fully saturated rings. The second-order valence-corrected chi connectivity index (χ2v) is 9.28. The Morgan fingerprint density at radius 1 is 1.03 bits per heavy atom. The van der Waals surface area contributed by atoms with Gasteiger partial charge >= 0.3 is 5.97 Å². The van der Waals surface area contributed by atoms with E-state index < -0.39 is 22.4 Å². The highest BCUT2D eigenvalue weighted by atomic mass is 35.5. The van der Waals surface area contributed by atoms with E-state index in [-0.39, 0.29) is 31.3 Å². The highest BCUT2D eigenvalue weighted by molar-refractivity contribution is 7.91. The van der Waals surface area contributed by atoms with Gasteiger partial charge in [0, 0.05) is 41.6 Å². The molecule has 32 heavy (non-hydrogen) atoms. The minimum atomic E-state index is -3.79. The quantitative estimate of drug-likeness (QED) is 0.374. The third-order valence-corrected chi connectivity index (χ3v) is 6.79. The summed E-state index contributed by atoms with van der Waals surface area (Å²) in [5.41, 5.74) is 0.597. The third kappa shape index (κ3) is 4.36. The van der Waals surface area contributed by atoms with Crippen molar-refractivity contribution in [2.45, 2.75) is 9.79 Å². The molecule has 4 rings (SSSR count). The number of fused-ring (bicyclic) bond motifs is 1. The number of aromatic amines is 1. The van der Waals surface area contributed by atoms with Crippen LogP contribution in [0.3, 0.4) is 0 Å². The van der Waals surface area contributed by atoms with E-state index in [9.17, 15) is 13.2 Å². The van der Waals surface area contributed by atoms with Gasteiger partial charge in [-0.25, -0.2) is 13.2 Å². The van der Waals surface area contributed by atoms with E-state index in [4.69, 9.17) is 37.8 Å². The monoisotopic (exact) mass is 492 g/mol. The van der Waals surface area contributed by atoms with Crippen molar-refractivity contribution in [1.82, 2.24) is 9.97 Å². The molecule has 0 saturated heterocycles. The molecular formula is C21H14Cl2N2O6S. The lowest BCUT2D eigenvalue weighted by Gasteiger charge is -2.12. The number of H-pyrrole nitrogens is 1. The average molecular weight is 493 g/mol. The maximum absolute atomic E-state index is 13.0. The Balaban J connectivity index is 1.69. The fraction of sp³-hybridized carbons (Fsp3) is 0.0476. The average Bonchev–Trinajstić information content (AvgIpc) is 3.19. The van der Waals surface area contributed by atoms with Gasteiger partial charge in [0.25, 0.3) is 0 Å². The van der Waals surface area contributed by atoms with Crippen LogP contribution < -0.4 is 9.47 Å². The molecule has 0 aliphatic heterocycles. The molecular weight excluding hydrogens is 479 g/mol. The molecule has 2 heterocycles. The minimum Gasteiger partial charge on any atom is -0.482 e. The van der Waals surface area contributed by atoms with Crippen LogP contribution in [0.5, 0.6) is 17.2 Å². The van der Waals surface area contributed by atoms with Gasteiger partial charge in [0.1, 0.15) is 11.5 Å².